The maximum absolute atomic E-state index is 12.5. The van der Waals surface area contributed by atoms with Crippen LogP contribution in [-0.2, 0) is 0 Å². The molecule has 3 heterocycles. The Labute approximate surface area is 153 Å². The highest BCUT2D eigenvalue weighted by Gasteiger charge is 2.17. The second-order valence-corrected chi connectivity index (χ2v) is 6.61. The summed E-state index contributed by atoms with van der Waals surface area (Å²) in [5, 5.41) is 8.30. The van der Waals surface area contributed by atoms with Crippen LogP contribution in [0.5, 0.6) is 11.5 Å². The molecule has 0 bridgehead atoms. The number of hydrogen-bond acceptors (Lipinski definition) is 8. The third-order valence-electron chi connectivity index (χ3n) is 3.89. The van der Waals surface area contributed by atoms with Crippen molar-refractivity contribution < 1.29 is 23.1 Å². The number of nitrogens with zero attached hydrogens (tertiary/aromatic N) is 2. The molecule has 0 radical (unpaired) electrons. The molecule has 134 valence electrons. The lowest BCUT2D eigenvalue weighted by Crippen LogP contribution is -2.03. The molecule has 0 aliphatic carbocycles. The molecule has 0 spiro atoms. The summed E-state index contributed by atoms with van der Waals surface area (Å²) in [7, 11) is 0. The van der Waals surface area contributed by atoms with Crippen molar-refractivity contribution in [2.75, 3.05) is 19.0 Å². The quantitative estimate of drug-likeness (QED) is 0.494. The van der Waals surface area contributed by atoms with Crippen LogP contribution in [0.3, 0.4) is 0 Å². The molecule has 0 saturated heterocycles. The minimum Gasteiger partial charge on any atom is -0.490 e. The summed E-state index contributed by atoms with van der Waals surface area (Å²) in [5.74, 6) is 2.49. The number of carbonyl (C=O) groups excluding carboxylic acids is 1. The Bertz CT molecular complexity index is 933. The topological polar surface area (TPSA) is 87.6 Å². The molecule has 1 aliphatic rings. The first-order valence-corrected chi connectivity index (χ1v) is 9.13. The first-order chi connectivity index (χ1) is 12.7. The van der Waals surface area contributed by atoms with E-state index in [2.05, 4.69) is 10.2 Å². The molecule has 8 heteroatoms. The van der Waals surface area contributed by atoms with Gasteiger partial charge in [0.1, 0.15) is 5.76 Å². The number of fused-ring (bicyclic) bond motifs is 1. The van der Waals surface area contributed by atoms with E-state index in [9.17, 15) is 4.79 Å². The van der Waals surface area contributed by atoms with Crippen molar-refractivity contribution in [3.8, 4) is 23.0 Å². The monoisotopic (exact) mass is 372 g/mol. The van der Waals surface area contributed by atoms with Gasteiger partial charge in [-0.2, -0.15) is 0 Å². The fourth-order valence-electron chi connectivity index (χ4n) is 2.53. The van der Waals surface area contributed by atoms with Crippen molar-refractivity contribution in [1.29, 1.82) is 0 Å². The van der Waals surface area contributed by atoms with E-state index in [4.69, 9.17) is 18.3 Å². The van der Waals surface area contributed by atoms with Gasteiger partial charge in [-0.25, -0.2) is 0 Å². The number of thioether (sulfide) groups is 1. The SMILES string of the molecule is Cc1occc1-c1nnc(SCC(=O)c2ccc3c(c2)OCCCO3)o1. The van der Waals surface area contributed by atoms with E-state index in [1.54, 1.807) is 30.5 Å². The number of rotatable bonds is 5. The van der Waals surface area contributed by atoms with Crippen molar-refractivity contribution in [1.82, 2.24) is 10.2 Å². The maximum atomic E-state index is 12.5. The molecule has 0 fully saturated rings. The van der Waals surface area contributed by atoms with Crippen LogP contribution < -0.4 is 9.47 Å². The Balaban J connectivity index is 1.42. The number of furan rings is 1. The van der Waals surface area contributed by atoms with Crippen LogP contribution in [0, 0.1) is 6.92 Å². The van der Waals surface area contributed by atoms with Crippen LogP contribution in [0.25, 0.3) is 11.5 Å². The van der Waals surface area contributed by atoms with Gasteiger partial charge in [-0.05, 0) is 31.2 Å². The molecular formula is C18H16N2O5S. The van der Waals surface area contributed by atoms with Crippen molar-refractivity contribution >= 4 is 17.5 Å². The average molecular weight is 372 g/mol. The number of aryl methyl sites for hydroxylation is 1. The molecule has 1 aromatic carbocycles. The fraction of sp³-hybridized carbons (Fsp3) is 0.278. The Kier molecular flexibility index (Phi) is 4.66. The molecule has 26 heavy (non-hydrogen) atoms. The van der Waals surface area contributed by atoms with Gasteiger partial charge in [-0.15, -0.1) is 10.2 Å². The van der Waals surface area contributed by atoms with Crippen molar-refractivity contribution in [3.63, 3.8) is 0 Å². The summed E-state index contributed by atoms with van der Waals surface area (Å²) >= 11 is 1.20. The second-order valence-electron chi connectivity index (χ2n) is 5.69. The average Bonchev–Trinajstić information content (AvgIpc) is 3.21. The molecule has 0 saturated carbocycles. The predicted molar refractivity (Wildman–Crippen MR) is 93.8 cm³/mol. The first-order valence-electron chi connectivity index (χ1n) is 8.14. The number of aromatic nitrogens is 2. The van der Waals surface area contributed by atoms with Crippen LogP contribution in [0.4, 0.5) is 0 Å². The maximum Gasteiger partial charge on any atom is 0.277 e. The van der Waals surface area contributed by atoms with Gasteiger partial charge in [0.25, 0.3) is 11.1 Å². The Morgan fingerprint density at radius 1 is 1.15 bits per heavy atom. The number of ketones is 1. The predicted octanol–water partition coefficient (Wildman–Crippen LogP) is 3.77. The van der Waals surface area contributed by atoms with Gasteiger partial charge in [0.2, 0.25) is 0 Å². The zero-order valence-corrected chi connectivity index (χ0v) is 14.9. The minimum absolute atomic E-state index is 0.0510. The van der Waals surface area contributed by atoms with E-state index < -0.39 is 0 Å². The van der Waals surface area contributed by atoms with Crippen molar-refractivity contribution in [2.24, 2.45) is 0 Å². The molecule has 0 atom stereocenters. The molecule has 0 amide bonds. The molecule has 7 nitrogen and oxygen atoms in total. The molecule has 4 rings (SSSR count). The van der Waals surface area contributed by atoms with Gasteiger partial charge in [0.05, 0.1) is 30.8 Å². The fourth-order valence-corrected chi connectivity index (χ4v) is 3.19. The summed E-state index contributed by atoms with van der Waals surface area (Å²) in [6.07, 6.45) is 2.39. The minimum atomic E-state index is -0.0510. The van der Waals surface area contributed by atoms with Gasteiger partial charge in [-0.1, -0.05) is 11.8 Å². The van der Waals surface area contributed by atoms with E-state index in [-0.39, 0.29) is 11.5 Å². The number of Topliss-reactive ketones (excluding diaryl/α,β-unsaturated/α-hetero) is 1. The molecule has 0 N–H and O–H groups in total. The Morgan fingerprint density at radius 3 is 2.81 bits per heavy atom. The molecule has 3 aromatic rings. The van der Waals surface area contributed by atoms with Gasteiger partial charge < -0.3 is 18.3 Å². The molecule has 1 aliphatic heterocycles. The van der Waals surface area contributed by atoms with Crippen molar-refractivity contribution in [3.05, 3.63) is 41.9 Å². The Morgan fingerprint density at radius 2 is 2.00 bits per heavy atom. The van der Waals surface area contributed by atoms with Crippen LogP contribution in [-0.4, -0.2) is 34.9 Å². The van der Waals surface area contributed by atoms with Gasteiger partial charge >= 0.3 is 0 Å². The summed E-state index contributed by atoms with van der Waals surface area (Å²) in [6, 6.07) is 6.99. The summed E-state index contributed by atoms with van der Waals surface area (Å²) < 4.78 is 22.0. The standard InChI is InChI=1S/C18H16N2O5S/c1-11-13(5-8-22-11)17-19-20-18(25-17)26-10-14(21)12-3-4-15-16(9-12)24-7-2-6-23-15/h3-5,8-9H,2,6-7,10H2,1H3. The lowest BCUT2D eigenvalue weighted by molar-refractivity contribution is 0.102. The van der Waals surface area contributed by atoms with Crippen molar-refractivity contribution in [2.45, 2.75) is 18.6 Å². The second kappa shape index (κ2) is 7.25. The highest BCUT2D eigenvalue weighted by atomic mass is 32.2. The highest BCUT2D eigenvalue weighted by molar-refractivity contribution is 7.99. The first kappa shape index (κ1) is 16.7. The zero-order valence-electron chi connectivity index (χ0n) is 14.1. The van der Waals surface area contributed by atoms with Crippen LogP contribution in [0.15, 0.2) is 44.6 Å². The third kappa shape index (κ3) is 3.45. The third-order valence-corrected chi connectivity index (χ3v) is 4.71. The summed E-state index contributed by atoms with van der Waals surface area (Å²) in [6.45, 7) is 3.02. The van der Waals surface area contributed by atoms with E-state index >= 15 is 0 Å². The smallest absolute Gasteiger partial charge is 0.277 e. The molecular weight excluding hydrogens is 356 g/mol. The van der Waals surface area contributed by atoms with Crippen LogP contribution in [0.1, 0.15) is 22.5 Å². The molecule has 2 aromatic heterocycles. The molecule has 0 unspecified atom stereocenters. The zero-order chi connectivity index (χ0) is 17.9. The van der Waals surface area contributed by atoms with Gasteiger partial charge in [-0.3, -0.25) is 4.79 Å². The number of carbonyl (C=O) groups is 1. The van der Waals surface area contributed by atoms with Gasteiger partial charge in [0, 0.05) is 12.0 Å². The Hall–Kier alpha value is -2.74. The van der Waals surface area contributed by atoms with E-state index in [0.717, 1.165) is 12.0 Å². The number of ether oxygens (including phenoxy) is 2. The summed E-state index contributed by atoms with van der Waals surface area (Å²) in [5.41, 5.74) is 1.31. The highest BCUT2D eigenvalue weighted by Crippen LogP contribution is 2.31. The van der Waals surface area contributed by atoms with Crippen LogP contribution in [0.2, 0.25) is 0 Å². The normalized spacial score (nSPS) is 13.4. The van der Waals surface area contributed by atoms with Crippen LogP contribution >= 0.6 is 11.8 Å². The lowest BCUT2D eigenvalue weighted by Gasteiger charge is -2.08. The lowest BCUT2D eigenvalue weighted by atomic mass is 10.1. The van der Waals surface area contributed by atoms with Gasteiger partial charge in [0.15, 0.2) is 17.3 Å². The van der Waals surface area contributed by atoms with E-state index in [1.165, 1.54) is 11.8 Å². The van der Waals surface area contributed by atoms with E-state index in [1.807, 2.05) is 6.92 Å². The number of benzene rings is 1. The largest absolute Gasteiger partial charge is 0.490 e. The summed E-state index contributed by atoms with van der Waals surface area (Å²) in [4.78, 5) is 12.5. The van der Waals surface area contributed by atoms with E-state index in [0.29, 0.717) is 47.1 Å². The number of hydrogen-bond donors (Lipinski definition) is 0.